The van der Waals surface area contributed by atoms with Gasteiger partial charge in [0.05, 0.1) is 4.90 Å². The van der Waals surface area contributed by atoms with Crippen molar-refractivity contribution >= 4 is 15.8 Å². The SMILES string of the molecule is CC(=O)c1c(C)cc(C)c(CN2CCN(S(=O)(=O)c3cccc(F)c3)CC2)c1C. The molecular formula is C22H27FN2O3S. The van der Waals surface area contributed by atoms with Crippen molar-refractivity contribution in [3.8, 4) is 0 Å². The van der Waals surface area contributed by atoms with Crippen LogP contribution in [0.2, 0.25) is 0 Å². The second kappa shape index (κ2) is 8.34. The molecule has 0 spiro atoms. The molecule has 2 aromatic carbocycles. The number of nitrogens with zero attached hydrogens (tertiary/aromatic N) is 2. The molecule has 0 bridgehead atoms. The van der Waals surface area contributed by atoms with Crippen molar-refractivity contribution in [1.82, 2.24) is 9.21 Å². The number of rotatable bonds is 5. The first-order valence-electron chi connectivity index (χ1n) is 9.70. The number of aryl methyl sites for hydroxylation is 2. The van der Waals surface area contributed by atoms with Gasteiger partial charge in [-0.15, -0.1) is 0 Å². The maximum absolute atomic E-state index is 13.4. The van der Waals surface area contributed by atoms with E-state index < -0.39 is 15.8 Å². The van der Waals surface area contributed by atoms with Gasteiger partial charge < -0.3 is 0 Å². The minimum Gasteiger partial charge on any atom is -0.296 e. The van der Waals surface area contributed by atoms with Crippen molar-refractivity contribution in [1.29, 1.82) is 0 Å². The van der Waals surface area contributed by atoms with Gasteiger partial charge in [-0.05, 0) is 68.1 Å². The van der Waals surface area contributed by atoms with Gasteiger partial charge in [0, 0.05) is 38.3 Å². The summed E-state index contributed by atoms with van der Waals surface area (Å²) in [6.07, 6.45) is 0. The second-order valence-corrected chi connectivity index (χ2v) is 9.62. The van der Waals surface area contributed by atoms with E-state index >= 15 is 0 Å². The lowest BCUT2D eigenvalue weighted by Gasteiger charge is -2.34. The summed E-state index contributed by atoms with van der Waals surface area (Å²) in [7, 11) is -3.70. The van der Waals surface area contributed by atoms with Crippen LogP contribution in [-0.2, 0) is 16.6 Å². The highest BCUT2D eigenvalue weighted by Crippen LogP contribution is 2.25. The number of carbonyl (C=O) groups is 1. The minimum atomic E-state index is -3.70. The largest absolute Gasteiger partial charge is 0.296 e. The lowest BCUT2D eigenvalue weighted by Crippen LogP contribution is -2.48. The van der Waals surface area contributed by atoms with Crippen LogP contribution in [0.5, 0.6) is 0 Å². The molecule has 1 aliphatic rings. The third kappa shape index (κ3) is 4.42. The van der Waals surface area contributed by atoms with Gasteiger partial charge in [-0.3, -0.25) is 9.69 Å². The number of halogens is 1. The average Bonchev–Trinajstić information content (AvgIpc) is 2.65. The van der Waals surface area contributed by atoms with E-state index in [0.717, 1.165) is 33.9 Å². The number of carbonyl (C=O) groups excluding carboxylic acids is 1. The Hall–Kier alpha value is -2.09. The highest BCUT2D eigenvalue weighted by atomic mass is 32.2. The minimum absolute atomic E-state index is 0.0118. The number of sulfonamides is 1. The van der Waals surface area contributed by atoms with Gasteiger partial charge in [0.25, 0.3) is 0 Å². The van der Waals surface area contributed by atoms with Gasteiger partial charge in [-0.1, -0.05) is 12.1 Å². The average molecular weight is 419 g/mol. The molecular weight excluding hydrogens is 391 g/mol. The van der Waals surface area contributed by atoms with Crippen LogP contribution in [0.3, 0.4) is 0 Å². The first-order valence-corrected chi connectivity index (χ1v) is 11.1. The molecule has 3 rings (SSSR count). The van der Waals surface area contributed by atoms with Crippen LogP contribution in [0.15, 0.2) is 35.2 Å². The van der Waals surface area contributed by atoms with Crippen LogP contribution < -0.4 is 0 Å². The summed E-state index contributed by atoms with van der Waals surface area (Å²) in [6, 6.07) is 7.17. The highest BCUT2D eigenvalue weighted by molar-refractivity contribution is 7.89. The summed E-state index contributed by atoms with van der Waals surface area (Å²) >= 11 is 0. The monoisotopic (exact) mass is 418 g/mol. The maximum atomic E-state index is 13.4. The van der Waals surface area contributed by atoms with Gasteiger partial charge in [0.2, 0.25) is 10.0 Å². The molecule has 1 fully saturated rings. The van der Waals surface area contributed by atoms with Crippen molar-refractivity contribution in [2.75, 3.05) is 26.2 Å². The Kier molecular flexibility index (Phi) is 6.22. The van der Waals surface area contributed by atoms with E-state index in [4.69, 9.17) is 0 Å². The first kappa shape index (κ1) is 21.6. The molecule has 0 radical (unpaired) electrons. The van der Waals surface area contributed by atoms with E-state index in [2.05, 4.69) is 4.90 Å². The van der Waals surface area contributed by atoms with Crippen molar-refractivity contribution < 1.29 is 17.6 Å². The topological polar surface area (TPSA) is 57.7 Å². The standard InChI is InChI=1S/C22H27FN2O3S/c1-15-12-16(2)22(18(4)26)17(3)21(15)14-24-8-10-25(11-9-24)29(27,28)20-7-5-6-19(23)13-20/h5-7,12-13H,8-11,14H2,1-4H3. The second-order valence-electron chi connectivity index (χ2n) is 7.68. The Morgan fingerprint density at radius 1 is 1.03 bits per heavy atom. The summed E-state index contributed by atoms with van der Waals surface area (Å²) in [5, 5.41) is 0. The van der Waals surface area contributed by atoms with Crippen LogP contribution >= 0.6 is 0 Å². The zero-order valence-electron chi connectivity index (χ0n) is 17.3. The molecule has 0 N–H and O–H groups in total. The van der Waals surface area contributed by atoms with E-state index in [-0.39, 0.29) is 10.7 Å². The fourth-order valence-corrected chi connectivity index (χ4v) is 5.59. The Morgan fingerprint density at radius 3 is 2.28 bits per heavy atom. The van der Waals surface area contributed by atoms with Crippen molar-refractivity contribution in [3.63, 3.8) is 0 Å². The molecule has 7 heteroatoms. The molecule has 0 unspecified atom stereocenters. The summed E-state index contributed by atoms with van der Waals surface area (Å²) < 4.78 is 40.4. The fourth-order valence-electron chi connectivity index (χ4n) is 4.14. The van der Waals surface area contributed by atoms with E-state index in [1.807, 2.05) is 26.8 Å². The Bertz CT molecular complexity index is 1040. The van der Waals surface area contributed by atoms with Crippen LogP contribution in [0.1, 0.15) is 39.5 Å². The normalized spacial score (nSPS) is 16.2. The Labute approximate surface area is 172 Å². The van der Waals surface area contributed by atoms with E-state index in [0.29, 0.717) is 32.7 Å². The highest BCUT2D eigenvalue weighted by Gasteiger charge is 2.29. The van der Waals surface area contributed by atoms with E-state index in [1.165, 1.54) is 22.5 Å². The van der Waals surface area contributed by atoms with E-state index in [1.54, 1.807) is 6.92 Å². The quantitative estimate of drug-likeness (QED) is 0.698. The van der Waals surface area contributed by atoms with Crippen LogP contribution in [-0.4, -0.2) is 49.6 Å². The van der Waals surface area contributed by atoms with Crippen LogP contribution in [0, 0.1) is 26.6 Å². The molecule has 0 amide bonds. The lowest BCUT2D eigenvalue weighted by molar-refractivity contribution is 0.101. The zero-order valence-corrected chi connectivity index (χ0v) is 18.1. The number of piperazine rings is 1. The summed E-state index contributed by atoms with van der Waals surface area (Å²) in [5.74, 6) is -0.497. The molecule has 2 aromatic rings. The first-order chi connectivity index (χ1) is 13.6. The van der Waals surface area contributed by atoms with Gasteiger partial charge >= 0.3 is 0 Å². The molecule has 29 heavy (non-hydrogen) atoms. The van der Waals surface area contributed by atoms with Gasteiger partial charge in [-0.25, -0.2) is 12.8 Å². The number of Topliss-reactive ketones (excluding diaryl/α,β-unsaturated/α-hetero) is 1. The number of hydrogen-bond acceptors (Lipinski definition) is 4. The third-order valence-electron chi connectivity index (χ3n) is 5.63. The molecule has 1 aliphatic heterocycles. The van der Waals surface area contributed by atoms with Gasteiger partial charge in [0.15, 0.2) is 5.78 Å². The maximum Gasteiger partial charge on any atom is 0.243 e. The smallest absolute Gasteiger partial charge is 0.243 e. The van der Waals surface area contributed by atoms with Gasteiger partial charge in [0.1, 0.15) is 5.82 Å². The Morgan fingerprint density at radius 2 is 1.69 bits per heavy atom. The Balaban J connectivity index is 1.74. The molecule has 156 valence electrons. The predicted octanol–water partition coefficient (Wildman–Crippen LogP) is 3.46. The molecule has 1 saturated heterocycles. The summed E-state index contributed by atoms with van der Waals surface area (Å²) in [4.78, 5) is 14.2. The zero-order chi connectivity index (χ0) is 21.3. The van der Waals surface area contributed by atoms with E-state index in [9.17, 15) is 17.6 Å². The predicted molar refractivity (Wildman–Crippen MR) is 111 cm³/mol. The lowest BCUT2D eigenvalue weighted by atomic mass is 9.91. The molecule has 0 atom stereocenters. The number of ketones is 1. The number of hydrogen-bond donors (Lipinski definition) is 0. The van der Waals surface area contributed by atoms with Crippen molar-refractivity contribution in [2.45, 2.75) is 39.1 Å². The third-order valence-corrected chi connectivity index (χ3v) is 7.52. The van der Waals surface area contributed by atoms with Crippen molar-refractivity contribution in [2.24, 2.45) is 0 Å². The summed E-state index contributed by atoms with van der Waals surface area (Å²) in [5.41, 5.74) is 5.03. The van der Waals surface area contributed by atoms with Crippen LogP contribution in [0.25, 0.3) is 0 Å². The van der Waals surface area contributed by atoms with Gasteiger partial charge in [-0.2, -0.15) is 4.31 Å². The molecule has 5 nitrogen and oxygen atoms in total. The molecule has 1 heterocycles. The van der Waals surface area contributed by atoms with Crippen molar-refractivity contribution in [3.05, 3.63) is 64.0 Å². The molecule has 0 aliphatic carbocycles. The van der Waals surface area contributed by atoms with Crippen LogP contribution in [0.4, 0.5) is 4.39 Å². The molecule has 0 saturated carbocycles. The molecule has 0 aromatic heterocycles. The number of benzene rings is 2. The fraction of sp³-hybridized carbons (Fsp3) is 0.409. The summed E-state index contributed by atoms with van der Waals surface area (Å²) in [6.45, 7) is 10.1.